The van der Waals surface area contributed by atoms with Crippen molar-refractivity contribution in [3.05, 3.63) is 60.2 Å². The van der Waals surface area contributed by atoms with Crippen molar-refractivity contribution in [2.75, 3.05) is 19.5 Å². The number of methoxy groups -OCH3 is 1. The molecule has 3 aromatic rings. The van der Waals surface area contributed by atoms with Crippen molar-refractivity contribution >= 4 is 36.7 Å². The molecule has 0 saturated carbocycles. The molecule has 0 spiro atoms. The minimum Gasteiger partial charge on any atom is -0.465 e. The van der Waals surface area contributed by atoms with Crippen LogP contribution in [0.15, 0.2) is 49.1 Å². The third-order valence-electron chi connectivity index (χ3n) is 5.84. The van der Waals surface area contributed by atoms with Gasteiger partial charge in [0.1, 0.15) is 17.9 Å². The summed E-state index contributed by atoms with van der Waals surface area (Å²) in [4.78, 5) is 42.0. The number of benzene rings is 1. The summed E-state index contributed by atoms with van der Waals surface area (Å²) in [7, 11) is -2.92. The van der Waals surface area contributed by atoms with Gasteiger partial charge in [-0.1, -0.05) is 30.4 Å². The van der Waals surface area contributed by atoms with E-state index in [1.54, 1.807) is 30.6 Å². The molecule has 5 N–H and O–H groups in total. The predicted molar refractivity (Wildman–Crippen MR) is 135 cm³/mol. The number of anilines is 1. The topological polar surface area (TPSA) is 196 Å². The number of imidazole rings is 1. The molecule has 1 unspecified atom stereocenters. The number of hydrogen-bond acceptors (Lipinski definition) is 12. The number of nitrogen functional groups attached to an aromatic ring is 1. The Morgan fingerprint density at radius 2 is 2.03 bits per heavy atom. The molecule has 0 fully saturated rings. The summed E-state index contributed by atoms with van der Waals surface area (Å²) in [6.07, 6.45) is 7.45. The monoisotopic (exact) mass is 545 g/mol. The van der Waals surface area contributed by atoms with Crippen LogP contribution in [0.25, 0.3) is 11.2 Å². The van der Waals surface area contributed by atoms with Crippen molar-refractivity contribution < 1.29 is 32.8 Å². The molecule has 1 aromatic carbocycles. The molecular formula is C23H28N7O7P. The molecule has 0 amide bonds. The first kappa shape index (κ1) is 27.4. The molecule has 1 aliphatic carbocycles. The van der Waals surface area contributed by atoms with Crippen LogP contribution in [0.3, 0.4) is 0 Å². The highest BCUT2D eigenvalue weighted by Crippen LogP contribution is 2.41. The lowest BCUT2D eigenvalue weighted by atomic mass is 10.1. The number of nitrogens with two attached hydrogens (primary N) is 2. The third kappa shape index (κ3) is 6.41. The molecule has 2 heterocycles. The van der Waals surface area contributed by atoms with Crippen LogP contribution >= 0.6 is 7.75 Å². The van der Waals surface area contributed by atoms with Crippen molar-refractivity contribution in [1.82, 2.24) is 25.0 Å². The van der Waals surface area contributed by atoms with E-state index in [-0.39, 0.29) is 25.2 Å². The van der Waals surface area contributed by atoms with Crippen molar-refractivity contribution in [2.45, 2.75) is 32.0 Å². The lowest BCUT2D eigenvalue weighted by molar-refractivity contribution is -0.141. The van der Waals surface area contributed by atoms with Crippen molar-refractivity contribution in [3.8, 4) is 0 Å². The van der Waals surface area contributed by atoms with E-state index < -0.39 is 25.7 Å². The highest BCUT2D eigenvalue weighted by molar-refractivity contribution is 7.51. The van der Waals surface area contributed by atoms with Gasteiger partial charge in [0.25, 0.3) is 0 Å². The van der Waals surface area contributed by atoms with Gasteiger partial charge in [-0.2, -0.15) is 5.48 Å². The Hall–Kier alpha value is -3.68. The second-order valence-corrected chi connectivity index (χ2v) is 10.1. The van der Waals surface area contributed by atoms with E-state index in [0.29, 0.717) is 34.5 Å². The summed E-state index contributed by atoms with van der Waals surface area (Å²) < 4.78 is 29.4. The Bertz CT molecular complexity index is 1400. The van der Waals surface area contributed by atoms with Gasteiger partial charge in [-0.15, -0.1) is 0 Å². The molecule has 0 bridgehead atoms. The summed E-state index contributed by atoms with van der Waals surface area (Å²) in [6.45, 7) is 1.37. The molecule has 14 nitrogen and oxygen atoms in total. The Morgan fingerprint density at radius 3 is 2.82 bits per heavy atom. The Kier molecular flexibility index (Phi) is 8.49. The zero-order valence-electron chi connectivity index (χ0n) is 20.7. The maximum absolute atomic E-state index is 12.6. The largest absolute Gasteiger partial charge is 0.465 e. The number of carbonyl (C=O) groups excluding carboxylic acids is 2. The maximum atomic E-state index is 12.6. The van der Waals surface area contributed by atoms with E-state index >= 15 is 0 Å². The Morgan fingerprint density at radius 1 is 1.24 bits per heavy atom. The number of rotatable bonds is 11. The number of esters is 1. The molecule has 4 rings (SSSR count). The number of nitrogens with one attached hydrogen (secondary N) is 1. The van der Waals surface area contributed by atoms with Crippen LogP contribution in [-0.4, -0.2) is 51.2 Å². The van der Waals surface area contributed by atoms with E-state index in [0.717, 1.165) is 0 Å². The summed E-state index contributed by atoms with van der Waals surface area (Å²) in [6, 6.07) is 5.59. The number of fused-ring (bicyclic) bond motifs is 1. The van der Waals surface area contributed by atoms with Gasteiger partial charge in [0, 0.05) is 5.92 Å². The lowest BCUT2D eigenvalue weighted by Crippen LogP contribution is -2.35. The molecule has 15 heteroatoms. The normalized spacial score (nSPS) is 19.2. The number of allylic oxidation sites excluding steroid dienone is 1. The number of ether oxygens (including phenoxy) is 1. The standard InChI is InChI=1S/C23H28N7O7P/c1-14(29-35-11-16-5-3-4-6-18(16)23(32)34-2)22(31)37-38(25,33)36-10-15-7-8-17(9-15)30-13-28-19-20(24)26-12-27-21(19)30/h3-8,12-15,17,29H,9-11H2,1-2H3,(H2,25,33)(H2,24,26,27)/t14-,15-,17+,38?/m0/s1. The first-order chi connectivity index (χ1) is 18.2. The smallest absolute Gasteiger partial charge is 0.458 e. The van der Waals surface area contributed by atoms with Crippen LogP contribution in [-0.2, 0) is 34.6 Å². The minimum atomic E-state index is -4.19. The fourth-order valence-electron chi connectivity index (χ4n) is 3.87. The van der Waals surface area contributed by atoms with Gasteiger partial charge in [0.05, 0.1) is 38.3 Å². The van der Waals surface area contributed by atoms with Gasteiger partial charge in [-0.25, -0.2) is 34.6 Å². The molecule has 0 aliphatic heterocycles. The first-order valence-corrected chi connectivity index (χ1v) is 13.2. The Labute approximate surface area is 217 Å². The zero-order chi connectivity index (χ0) is 27.3. The summed E-state index contributed by atoms with van der Waals surface area (Å²) in [5.74, 6) is -1.29. The molecule has 38 heavy (non-hydrogen) atoms. The number of hydroxylamine groups is 1. The van der Waals surface area contributed by atoms with Gasteiger partial charge in [0.2, 0.25) is 0 Å². The summed E-state index contributed by atoms with van der Waals surface area (Å²) in [5, 5.41) is 0. The second kappa shape index (κ2) is 11.8. The average Bonchev–Trinajstić information content (AvgIpc) is 3.55. The zero-order valence-corrected chi connectivity index (χ0v) is 21.6. The highest BCUT2D eigenvalue weighted by Gasteiger charge is 2.30. The van der Waals surface area contributed by atoms with Crippen LogP contribution in [0.1, 0.15) is 35.3 Å². The number of nitrogens with zero attached hydrogens (tertiary/aromatic N) is 4. The number of carbonyl (C=O) groups is 2. The molecule has 0 radical (unpaired) electrons. The van der Waals surface area contributed by atoms with Crippen LogP contribution in [0, 0.1) is 5.92 Å². The van der Waals surface area contributed by atoms with Gasteiger partial charge >= 0.3 is 19.7 Å². The third-order valence-corrected chi connectivity index (χ3v) is 6.79. The molecule has 2 aromatic heterocycles. The molecule has 1 aliphatic rings. The van der Waals surface area contributed by atoms with Gasteiger partial charge in [0.15, 0.2) is 11.5 Å². The number of aromatic nitrogens is 4. The summed E-state index contributed by atoms with van der Waals surface area (Å²) >= 11 is 0. The van der Waals surface area contributed by atoms with Gasteiger partial charge in [-0.3, -0.25) is 9.36 Å². The van der Waals surface area contributed by atoms with E-state index in [1.807, 2.05) is 16.7 Å². The van der Waals surface area contributed by atoms with E-state index in [1.165, 1.54) is 20.4 Å². The first-order valence-electron chi connectivity index (χ1n) is 11.6. The van der Waals surface area contributed by atoms with Crippen LogP contribution in [0.4, 0.5) is 5.82 Å². The van der Waals surface area contributed by atoms with Crippen LogP contribution in [0.2, 0.25) is 0 Å². The number of hydrogen-bond donors (Lipinski definition) is 3. The van der Waals surface area contributed by atoms with Gasteiger partial charge < -0.3 is 19.6 Å². The van der Waals surface area contributed by atoms with E-state index in [2.05, 4.69) is 20.4 Å². The molecule has 202 valence electrons. The molecule has 4 atom stereocenters. The predicted octanol–water partition coefficient (Wildman–Crippen LogP) is 2.05. The average molecular weight is 545 g/mol. The quantitative estimate of drug-likeness (QED) is 0.137. The van der Waals surface area contributed by atoms with Crippen molar-refractivity contribution in [1.29, 1.82) is 0 Å². The summed E-state index contributed by atoms with van der Waals surface area (Å²) in [5.41, 5.74) is 16.0. The van der Waals surface area contributed by atoms with Crippen molar-refractivity contribution in [2.24, 2.45) is 11.4 Å². The SMILES string of the molecule is COC(=O)c1ccccc1CON[C@@H](C)C(=O)OP(N)(=O)OC[C@H]1C=C[C@@H](n2cnc3c(N)ncnc32)C1. The maximum Gasteiger partial charge on any atom is 0.458 e. The second-order valence-electron chi connectivity index (χ2n) is 8.55. The fourth-order valence-corrected chi connectivity index (χ4v) is 4.73. The fraction of sp³-hybridized carbons (Fsp3) is 0.348. The molecule has 0 saturated heterocycles. The van der Waals surface area contributed by atoms with Crippen LogP contribution in [0.5, 0.6) is 0 Å². The van der Waals surface area contributed by atoms with Gasteiger partial charge in [-0.05, 0) is 25.0 Å². The van der Waals surface area contributed by atoms with Crippen LogP contribution < -0.4 is 16.7 Å². The minimum absolute atomic E-state index is 0.0273. The van der Waals surface area contributed by atoms with E-state index in [9.17, 15) is 14.2 Å². The lowest BCUT2D eigenvalue weighted by Gasteiger charge is -2.19. The van der Waals surface area contributed by atoms with Crippen molar-refractivity contribution in [3.63, 3.8) is 0 Å². The Balaban J connectivity index is 1.23. The highest BCUT2D eigenvalue weighted by atomic mass is 31.2. The van der Waals surface area contributed by atoms with E-state index in [4.69, 9.17) is 29.9 Å². The molecular weight excluding hydrogens is 517 g/mol.